The Morgan fingerprint density at radius 2 is 2.24 bits per heavy atom. The van der Waals surface area contributed by atoms with Crippen molar-refractivity contribution in [3.05, 3.63) is 0 Å². The van der Waals surface area contributed by atoms with E-state index in [2.05, 4.69) is 17.1 Å². The van der Waals surface area contributed by atoms with Gasteiger partial charge in [0.05, 0.1) is 25.2 Å². The van der Waals surface area contributed by atoms with Crippen molar-refractivity contribution in [1.82, 2.24) is 10.2 Å². The Bertz CT molecular complexity index is 325. The third-order valence-electron chi connectivity index (χ3n) is 4.60. The van der Waals surface area contributed by atoms with Gasteiger partial charge in [-0.25, -0.2) is 0 Å². The van der Waals surface area contributed by atoms with E-state index in [0.717, 1.165) is 58.5 Å². The van der Waals surface area contributed by atoms with Gasteiger partial charge in [0.25, 0.3) is 0 Å². The highest BCUT2D eigenvalue weighted by molar-refractivity contribution is 5.72. The predicted molar refractivity (Wildman–Crippen MR) is 82.2 cm³/mol. The summed E-state index contributed by atoms with van der Waals surface area (Å²) in [6.07, 6.45) is 4.42. The molecule has 2 aliphatic rings. The molecule has 0 bridgehead atoms. The van der Waals surface area contributed by atoms with E-state index in [4.69, 9.17) is 9.47 Å². The smallest absolute Gasteiger partial charge is 0.308 e. The van der Waals surface area contributed by atoms with Crippen LogP contribution in [-0.2, 0) is 14.3 Å². The molecule has 21 heavy (non-hydrogen) atoms. The number of ether oxygens (including phenoxy) is 2. The molecule has 1 N–H and O–H groups in total. The Balaban J connectivity index is 1.71. The molecule has 1 saturated carbocycles. The van der Waals surface area contributed by atoms with Gasteiger partial charge in [-0.05, 0) is 32.7 Å². The molecular weight excluding hydrogens is 268 g/mol. The van der Waals surface area contributed by atoms with Gasteiger partial charge in [0, 0.05) is 25.7 Å². The van der Waals surface area contributed by atoms with Crippen molar-refractivity contribution < 1.29 is 14.3 Å². The molecule has 0 radical (unpaired) electrons. The minimum atomic E-state index is -0.0184. The number of hydrogen-bond donors (Lipinski definition) is 1. The maximum absolute atomic E-state index is 11.9. The Morgan fingerprint density at radius 3 is 3.00 bits per heavy atom. The largest absolute Gasteiger partial charge is 0.466 e. The van der Waals surface area contributed by atoms with Crippen LogP contribution in [0.5, 0.6) is 0 Å². The number of likely N-dealkylation sites (N-methyl/N-ethyl adjacent to an activating group) is 1. The van der Waals surface area contributed by atoms with E-state index >= 15 is 0 Å². The number of hydrogen-bond acceptors (Lipinski definition) is 5. The maximum atomic E-state index is 11.9. The van der Waals surface area contributed by atoms with E-state index in [0.29, 0.717) is 12.6 Å². The molecule has 0 spiro atoms. The molecule has 1 aliphatic carbocycles. The number of nitrogens with zero attached hydrogens (tertiary/aromatic N) is 1. The summed E-state index contributed by atoms with van der Waals surface area (Å²) in [4.78, 5) is 14.3. The zero-order chi connectivity index (χ0) is 15.1. The number of carbonyl (C=O) groups excluding carboxylic acids is 1. The molecule has 1 aliphatic heterocycles. The predicted octanol–water partition coefficient (Wildman–Crippen LogP) is 1.42. The van der Waals surface area contributed by atoms with Crippen LogP contribution in [0.25, 0.3) is 0 Å². The molecule has 0 aromatic heterocycles. The normalized spacial score (nSPS) is 31.0. The van der Waals surface area contributed by atoms with Crippen LogP contribution < -0.4 is 5.32 Å². The fraction of sp³-hybridized carbons (Fsp3) is 0.938. The summed E-state index contributed by atoms with van der Waals surface area (Å²) in [7, 11) is 0. The summed E-state index contributed by atoms with van der Waals surface area (Å²) in [5, 5.41) is 3.60. The topological polar surface area (TPSA) is 50.8 Å². The van der Waals surface area contributed by atoms with E-state index < -0.39 is 0 Å². The minimum absolute atomic E-state index is 0.0184. The molecule has 0 amide bonds. The van der Waals surface area contributed by atoms with Gasteiger partial charge >= 0.3 is 5.97 Å². The molecule has 0 aromatic carbocycles. The van der Waals surface area contributed by atoms with Gasteiger partial charge in [0.1, 0.15) is 0 Å². The third-order valence-corrected chi connectivity index (χ3v) is 4.60. The second-order valence-electron chi connectivity index (χ2n) is 6.11. The average Bonchev–Trinajstić information content (AvgIpc) is 2.53. The Kier molecular flexibility index (Phi) is 6.93. The highest BCUT2D eigenvalue weighted by atomic mass is 16.5. The molecule has 122 valence electrons. The third kappa shape index (κ3) is 5.24. The highest BCUT2D eigenvalue weighted by Gasteiger charge is 2.29. The van der Waals surface area contributed by atoms with Gasteiger partial charge in [-0.3, -0.25) is 9.69 Å². The molecule has 3 unspecified atom stereocenters. The maximum Gasteiger partial charge on any atom is 0.308 e. The summed E-state index contributed by atoms with van der Waals surface area (Å²) < 4.78 is 11.0. The van der Waals surface area contributed by atoms with Gasteiger partial charge in [-0.1, -0.05) is 13.3 Å². The van der Waals surface area contributed by atoms with E-state index in [9.17, 15) is 4.79 Å². The monoisotopic (exact) mass is 298 g/mol. The van der Waals surface area contributed by atoms with Crippen LogP contribution in [-0.4, -0.2) is 62.4 Å². The summed E-state index contributed by atoms with van der Waals surface area (Å²) in [5.41, 5.74) is 0. The van der Waals surface area contributed by atoms with Crippen molar-refractivity contribution in [2.75, 3.05) is 39.4 Å². The molecule has 5 nitrogen and oxygen atoms in total. The van der Waals surface area contributed by atoms with Crippen molar-refractivity contribution in [2.45, 2.75) is 51.7 Å². The summed E-state index contributed by atoms with van der Waals surface area (Å²) in [5.74, 6) is 0.0608. The van der Waals surface area contributed by atoms with Gasteiger partial charge in [0.2, 0.25) is 0 Å². The van der Waals surface area contributed by atoms with Gasteiger partial charge < -0.3 is 14.8 Å². The average molecular weight is 298 g/mol. The zero-order valence-corrected chi connectivity index (χ0v) is 13.5. The first-order valence-corrected chi connectivity index (χ1v) is 8.46. The fourth-order valence-electron chi connectivity index (χ4n) is 3.34. The van der Waals surface area contributed by atoms with Crippen molar-refractivity contribution in [1.29, 1.82) is 0 Å². The van der Waals surface area contributed by atoms with Crippen LogP contribution in [0.4, 0.5) is 0 Å². The highest BCUT2D eigenvalue weighted by Crippen LogP contribution is 2.25. The lowest BCUT2D eigenvalue weighted by atomic mass is 9.85. The van der Waals surface area contributed by atoms with Gasteiger partial charge in [0.15, 0.2) is 0 Å². The van der Waals surface area contributed by atoms with Gasteiger partial charge in [-0.15, -0.1) is 0 Å². The second kappa shape index (κ2) is 8.71. The van der Waals surface area contributed by atoms with Crippen molar-refractivity contribution in [3.8, 4) is 0 Å². The van der Waals surface area contributed by atoms with E-state index in [1.807, 2.05) is 6.92 Å². The van der Waals surface area contributed by atoms with Crippen LogP contribution in [0.3, 0.4) is 0 Å². The first-order valence-electron chi connectivity index (χ1n) is 8.46. The van der Waals surface area contributed by atoms with Crippen molar-refractivity contribution in [3.63, 3.8) is 0 Å². The fourth-order valence-corrected chi connectivity index (χ4v) is 3.34. The lowest BCUT2D eigenvalue weighted by Crippen LogP contribution is -2.48. The molecule has 2 fully saturated rings. The van der Waals surface area contributed by atoms with Crippen LogP contribution in [0.1, 0.15) is 39.5 Å². The standard InChI is InChI=1S/C16H30N2O3/c1-3-18-8-9-21-15(12-18)11-17-14-7-5-6-13(10-14)16(19)20-4-2/h13-15,17H,3-12H2,1-2H3. The lowest BCUT2D eigenvalue weighted by Gasteiger charge is -2.34. The molecule has 3 atom stereocenters. The number of carbonyl (C=O) groups is 1. The quantitative estimate of drug-likeness (QED) is 0.752. The van der Waals surface area contributed by atoms with E-state index in [1.165, 1.54) is 0 Å². The Labute approximate surface area is 128 Å². The molecule has 5 heteroatoms. The lowest BCUT2D eigenvalue weighted by molar-refractivity contribution is -0.149. The Morgan fingerprint density at radius 1 is 1.38 bits per heavy atom. The number of rotatable bonds is 6. The van der Waals surface area contributed by atoms with Crippen LogP contribution >= 0.6 is 0 Å². The van der Waals surface area contributed by atoms with E-state index in [-0.39, 0.29) is 18.0 Å². The number of esters is 1. The summed E-state index contributed by atoms with van der Waals surface area (Å²) >= 11 is 0. The second-order valence-corrected chi connectivity index (χ2v) is 6.11. The molecule has 1 saturated heterocycles. The zero-order valence-electron chi connectivity index (χ0n) is 13.5. The van der Waals surface area contributed by atoms with Crippen molar-refractivity contribution in [2.24, 2.45) is 5.92 Å². The Hall–Kier alpha value is -0.650. The van der Waals surface area contributed by atoms with Crippen LogP contribution in [0.2, 0.25) is 0 Å². The first-order chi connectivity index (χ1) is 10.2. The number of morpholine rings is 1. The minimum Gasteiger partial charge on any atom is -0.466 e. The SMILES string of the molecule is CCOC(=O)C1CCCC(NCC2CN(CC)CCO2)C1. The molecular formula is C16H30N2O3. The molecule has 1 heterocycles. The summed E-state index contributed by atoms with van der Waals surface area (Å²) in [6, 6.07) is 0.425. The van der Waals surface area contributed by atoms with Gasteiger partial charge in [-0.2, -0.15) is 0 Å². The van der Waals surface area contributed by atoms with Crippen LogP contribution in [0, 0.1) is 5.92 Å². The first kappa shape index (κ1) is 16.7. The number of nitrogens with one attached hydrogen (secondary N) is 1. The summed E-state index contributed by atoms with van der Waals surface area (Å²) in [6.45, 7) is 9.41. The van der Waals surface area contributed by atoms with Crippen molar-refractivity contribution >= 4 is 5.97 Å². The van der Waals surface area contributed by atoms with E-state index in [1.54, 1.807) is 0 Å². The van der Waals surface area contributed by atoms with Crippen LogP contribution in [0.15, 0.2) is 0 Å². The molecule has 0 aromatic rings. The molecule has 2 rings (SSSR count).